The fourth-order valence-corrected chi connectivity index (χ4v) is 2.78. The molecule has 0 amide bonds. The van der Waals surface area contributed by atoms with Gasteiger partial charge in [-0.05, 0) is 56.3 Å². The van der Waals surface area contributed by atoms with Gasteiger partial charge in [-0.3, -0.25) is 0 Å². The highest BCUT2D eigenvalue weighted by Crippen LogP contribution is 2.33. The van der Waals surface area contributed by atoms with Crippen LogP contribution in [0.3, 0.4) is 0 Å². The molecule has 1 fully saturated rings. The standard InChI is InChI=1S/C15H20Cl2FNO/c1-10(2-3-11-6-7-19-8-11)9-20-15-13(17)5-4-12(16)14(15)18/h4-5,10-11,19H,2-3,6-9H2,1H3. The third-order valence-electron chi connectivity index (χ3n) is 3.74. The summed E-state index contributed by atoms with van der Waals surface area (Å²) < 4.78 is 19.3. The maximum absolute atomic E-state index is 13.8. The largest absolute Gasteiger partial charge is 0.489 e. The lowest BCUT2D eigenvalue weighted by atomic mass is 9.97. The van der Waals surface area contributed by atoms with Crippen molar-refractivity contribution in [3.05, 3.63) is 28.0 Å². The van der Waals surface area contributed by atoms with Gasteiger partial charge < -0.3 is 10.1 Å². The summed E-state index contributed by atoms with van der Waals surface area (Å²) in [5.74, 6) is 0.619. The molecule has 0 spiro atoms. The predicted octanol–water partition coefficient (Wildman–Crippen LogP) is 4.54. The molecule has 1 aliphatic rings. The highest BCUT2D eigenvalue weighted by molar-refractivity contribution is 6.34. The Bertz CT molecular complexity index is 450. The van der Waals surface area contributed by atoms with Crippen molar-refractivity contribution in [2.45, 2.75) is 26.2 Å². The van der Waals surface area contributed by atoms with Crippen LogP contribution in [-0.2, 0) is 0 Å². The number of hydrogen-bond donors (Lipinski definition) is 1. The summed E-state index contributed by atoms with van der Waals surface area (Å²) in [6, 6.07) is 2.99. The second-order valence-corrected chi connectivity index (χ2v) is 6.34. The zero-order valence-corrected chi connectivity index (χ0v) is 13.1. The minimum atomic E-state index is -0.577. The summed E-state index contributed by atoms with van der Waals surface area (Å²) in [5, 5.41) is 3.66. The summed E-state index contributed by atoms with van der Waals surface area (Å²) in [7, 11) is 0. The van der Waals surface area contributed by atoms with E-state index in [-0.39, 0.29) is 15.8 Å². The first-order valence-electron chi connectivity index (χ1n) is 7.05. The van der Waals surface area contributed by atoms with Gasteiger partial charge in [0.25, 0.3) is 0 Å². The van der Waals surface area contributed by atoms with E-state index in [1.54, 1.807) is 6.07 Å². The number of ether oxygens (including phenoxy) is 1. The summed E-state index contributed by atoms with van der Waals surface area (Å²) in [4.78, 5) is 0. The molecular formula is C15H20Cl2FNO. The van der Waals surface area contributed by atoms with Gasteiger partial charge in [0.15, 0.2) is 11.6 Å². The molecule has 0 aromatic heterocycles. The van der Waals surface area contributed by atoms with Crippen molar-refractivity contribution in [2.75, 3.05) is 19.7 Å². The molecule has 1 heterocycles. The highest BCUT2D eigenvalue weighted by atomic mass is 35.5. The molecule has 0 bridgehead atoms. The monoisotopic (exact) mass is 319 g/mol. The van der Waals surface area contributed by atoms with Gasteiger partial charge in [-0.25, -0.2) is 4.39 Å². The third kappa shape index (κ3) is 4.24. The lowest BCUT2D eigenvalue weighted by Gasteiger charge is -2.16. The van der Waals surface area contributed by atoms with Crippen LogP contribution in [0.2, 0.25) is 10.0 Å². The Kier molecular flexibility index (Phi) is 5.94. The van der Waals surface area contributed by atoms with E-state index in [0.717, 1.165) is 25.4 Å². The Hall–Kier alpha value is -0.510. The van der Waals surface area contributed by atoms with Crippen molar-refractivity contribution in [2.24, 2.45) is 11.8 Å². The number of halogens is 3. The summed E-state index contributed by atoms with van der Waals surface area (Å²) >= 11 is 11.7. The van der Waals surface area contributed by atoms with Crippen molar-refractivity contribution in [1.82, 2.24) is 5.32 Å². The molecule has 5 heteroatoms. The maximum atomic E-state index is 13.8. The van der Waals surface area contributed by atoms with Crippen molar-refractivity contribution in [3.63, 3.8) is 0 Å². The first kappa shape index (κ1) is 15.9. The van der Waals surface area contributed by atoms with Gasteiger partial charge in [-0.2, -0.15) is 0 Å². The van der Waals surface area contributed by atoms with Crippen molar-refractivity contribution in [1.29, 1.82) is 0 Å². The van der Waals surface area contributed by atoms with Gasteiger partial charge in [-0.15, -0.1) is 0 Å². The van der Waals surface area contributed by atoms with Crippen molar-refractivity contribution in [3.8, 4) is 5.75 Å². The number of rotatable bonds is 6. The number of nitrogens with one attached hydrogen (secondary N) is 1. The van der Waals surface area contributed by atoms with Gasteiger partial charge in [-0.1, -0.05) is 30.1 Å². The van der Waals surface area contributed by atoms with Gasteiger partial charge in [0.1, 0.15) is 0 Å². The second kappa shape index (κ2) is 7.48. The Morgan fingerprint density at radius 3 is 2.85 bits per heavy atom. The molecule has 1 aromatic rings. The molecule has 1 N–H and O–H groups in total. The van der Waals surface area contributed by atoms with Crippen LogP contribution in [-0.4, -0.2) is 19.7 Å². The fourth-order valence-electron chi connectivity index (χ4n) is 2.43. The molecule has 2 nitrogen and oxygen atoms in total. The SMILES string of the molecule is CC(CCC1CCNC1)COc1c(Cl)ccc(Cl)c1F. The Labute approximate surface area is 129 Å². The van der Waals surface area contributed by atoms with E-state index < -0.39 is 5.82 Å². The third-order valence-corrected chi connectivity index (χ3v) is 4.33. The molecule has 2 unspecified atom stereocenters. The van der Waals surface area contributed by atoms with E-state index in [0.29, 0.717) is 12.5 Å². The smallest absolute Gasteiger partial charge is 0.185 e. The zero-order valence-electron chi connectivity index (χ0n) is 11.6. The summed E-state index contributed by atoms with van der Waals surface area (Å²) in [6.45, 7) is 4.80. The number of hydrogen-bond acceptors (Lipinski definition) is 2. The highest BCUT2D eigenvalue weighted by Gasteiger charge is 2.17. The van der Waals surface area contributed by atoms with Crippen LogP contribution in [0.25, 0.3) is 0 Å². The van der Waals surface area contributed by atoms with E-state index >= 15 is 0 Å². The second-order valence-electron chi connectivity index (χ2n) is 5.52. The van der Waals surface area contributed by atoms with Crippen LogP contribution in [0.1, 0.15) is 26.2 Å². The Morgan fingerprint density at radius 1 is 1.40 bits per heavy atom. The van der Waals surface area contributed by atoms with E-state index in [1.165, 1.54) is 18.9 Å². The van der Waals surface area contributed by atoms with Gasteiger partial charge >= 0.3 is 0 Å². The molecule has 0 radical (unpaired) electrons. The van der Waals surface area contributed by atoms with E-state index in [2.05, 4.69) is 12.2 Å². The molecule has 1 saturated heterocycles. The van der Waals surface area contributed by atoms with Crippen LogP contribution in [0.5, 0.6) is 5.75 Å². The average Bonchev–Trinajstić information content (AvgIpc) is 2.94. The van der Waals surface area contributed by atoms with Crippen LogP contribution in [0, 0.1) is 17.7 Å². The van der Waals surface area contributed by atoms with Gasteiger partial charge in [0.05, 0.1) is 16.7 Å². The van der Waals surface area contributed by atoms with Crippen molar-refractivity contribution >= 4 is 23.2 Å². The van der Waals surface area contributed by atoms with Crippen LogP contribution >= 0.6 is 23.2 Å². The molecule has 0 aliphatic carbocycles. The Morgan fingerprint density at radius 2 is 2.15 bits per heavy atom. The lowest BCUT2D eigenvalue weighted by molar-refractivity contribution is 0.235. The zero-order chi connectivity index (χ0) is 14.5. The molecule has 2 atom stereocenters. The first-order chi connectivity index (χ1) is 9.58. The molecule has 2 rings (SSSR count). The topological polar surface area (TPSA) is 21.3 Å². The van der Waals surface area contributed by atoms with Crippen LogP contribution in [0.15, 0.2) is 12.1 Å². The van der Waals surface area contributed by atoms with E-state index in [4.69, 9.17) is 27.9 Å². The van der Waals surface area contributed by atoms with Gasteiger partial charge in [0.2, 0.25) is 0 Å². The fraction of sp³-hybridized carbons (Fsp3) is 0.600. The van der Waals surface area contributed by atoms with E-state index in [9.17, 15) is 4.39 Å². The minimum Gasteiger partial charge on any atom is -0.489 e. The molecule has 112 valence electrons. The molecular weight excluding hydrogens is 300 g/mol. The number of benzene rings is 1. The maximum Gasteiger partial charge on any atom is 0.185 e. The normalized spacial score (nSPS) is 20.1. The van der Waals surface area contributed by atoms with E-state index in [1.807, 2.05) is 0 Å². The summed E-state index contributed by atoms with van der Waals surface area (Å²) in [6.07, 6.45) is 3.51. The predicted molar refractivity (Wildman–Crippen MR) is 81.3 cm³/mol. The summed E-state index contributed by atoms with van der Waals surface area (Å²) in [5.41, 5.74) is 0. The molecule has 1 aromatic carbocycles. The Balaban J connectivity index is 1.80. The van der Waals surface area contributed by atoms with Gasteiger partial charge in [0, 0.05) is 0 Å². The minimum absolute atomic E-state index is 0.0362. The molecule has 0 saturated carbocycles. The first-order valence-corrected chi connectivity index (χ1v) is 7.80. The van der Waals surface area contributed by atoms with Crippen molar-refractivity contribution < 1.29 is 9.13 Å². The molecule has 1 aliphatic heterocycles. The molecule has 20 heavy (non-hydrogen) atoms. The van der Waals surface area contributed by atoms with Crippen LogP contribution < -0.4 is 10.1 Å². The lowest BCUT2D eigenvalue weighted by Crippen LogP contribution is -2.13. The quantitative estimate of drug-likeness (QED) is 0.777. The average molecular weight is 320 g/mol. The van der Waals surface area contributed by atoms with Crippen LogP contribution in [0.4, 0.5) is 4.39 Å².